The molecule has 0 saturated heterocycles. The van der Waals surface area contributed by atoms with Crippen LogP contribution in [0.15, 0.2) is 60.7 Å². The molecule has 1 aliphatic rings. The number of Topliss-reactive ketones (excluding diaryl/α,β-unsaturated/α-hetero) is 1. The van der Waals surface area contributed by atoms with Gasteiger partial charge in [-0.3, -0.25) is 9.89 Å². The van der Waals surface area contributed by atoms with E-state index in [4.69, 9.17) is 0 Å². The molecule has 1 heterocycles. The van der Waals surface area contributed by atoms with Gasteiger partial charge in [0, 0.05) is 23.8 Å². The number of carbonyl (C=O) groups excluding carboxylic acids is 1. The Morgan fingerprint density at radius 3 is 2.49 bits per heavy atom. The number of nitrogens with zero attached hydrogens (tertiary/aromatic N) is 2. The molecule has 5 rings (SSSR count). The standard InChI is InChI=1S/C35H41N3O/c1-7-23(3)34(39)35(30-19-25(8-2)10-9-24(30)4)21-31(35)28-16-17-29-32(36-37-33(29)20-28)18-15-26-11-13-27(14-12-26)22-38(5)6/h9-20,23,31H,7-8,21-22H2,1-6H3,(H,36,37)/b18-15+. The predicted octanol–water partition coefficient (Wildman–Crippen LogP) is 7.71. The van der Waals surface area contributed by atoms with Crippen molar-refractivity contribution in [3.63, 3.8) is 0 Å². The molecule has 202 valence electrons. The van der Waals surface area contributed by atoms with Gasteiger partial charge in [0.1, 0.15) is 5.78 Å². The average Bonchev–Trinajstić information content (AvgIpc) is 3.57. The van der Waals surface area contributed by atoms with E-state index >= 15 is 0 Å². The Morgan fingerprint density at radius 1 is 1.05 bits per heavy atom. The molecule has 1 fully saturated rings. The fraction of sp³-hybridized carbons (Fsp3) is 0.371. The number of aromatic nitrogens is 2. The van der Waals surface area contributed by atoms with E-state index in [-0.39, 0.29) is 11.8 Å². The molecule has 0 radical (unpaired) electrons. The molecule has 0 bridgehead atoms. The van der Waals surface area contributed by atoms with Gasteiger partial charge in [-0.05, 0) is 85.8 Å². The highest BCUT2D eigenvalue weighted by molar-refractivity contribution is 5.98. The minimum absolute atomic E-state index is 0.0456. The summed E-state index contributed by atoms with van der Waals surface area (Å²) in [6.07, 6.45) is 6.91. The normalized spacial score (nSPS) is 19.7. The lowest BCUT2D eigenvalue weighted by atomic mass is 9.78. The molecule has 0 amide bonds. The molecule has 1 aliphatic carbocycles. The van der Waals surface area contributed by atoms with Crippen molar-refractivity contribution < 1.29 is 4.79 Å². The second-order valence-electron chi connectivity index (χ2n) is 11.6. The fourth-order valence-corrected chi connectivity index (χ4v) is 6.04. The van der Waals surface area contributed by atoms with Crippen molar-refractivity contribution in [3.8, 4) is 0 Å². The summed E-state index contributed by atoms with van der Waals surface area (Å²) in [4.78, 5) is 16.1. The topological polar surface area (TPSA) is 49.0 Å². The zero-order valence-electron chi connectivity index (χ0n) is 24.2. The number of aromatic amines is 1. The molecule has 1 saturated carbocycles. The molecule has 1 N–H and O–H groups in total. The van der Waals surface area contributed by atoms with E-state index in [0.29, 0.717) is 5.78 Å². The molecule has 3 atom stereocenters. The van der Waals surface area contributed by atoms with Crippen LogP contribution in [0.3, 0.4) is 0 Å². The SMILES string of the molecule is CCc1ccc(C)c(C2(C(=O)C(C)CC)CC2c2ccc3c(/C=C/c4ccc(CN(C)C)cc4)n[nH]c3c2)c1. The van der Waals surface area contributed by atoms with Crippen LogP contribution in [-0.2, 0) is 23.2 Å². The third-order valence-corrected chi connectivity index (χ3v) is 8.58. The first-order valence-corrected chi connectivity index (χ1v) is 14.3. The number of H-pyrrole nitrogens is 1. The maximum Gasteiger partial charge on any atom is 0.146 e. The van der Waals surface area contributed by atoms with Crippen LogP contribution >= 0.6 is 0 Å². The molecule has 3 aromatic carbocycles. The third kappa shape index (κ3) is 5.23. The maximum atomic E-state index is 13.9. The molecule has 4 heteroatoms. The van der Waals surface area contributed by atoms with E-state index in [2.05, 4.69) is 130 Å². The molecule has 39 heavy (non-hydrogen) atoms. The van der Waals surface area contributed by atoms with Gasteiger partial charge >= 0.3 is 0 Å². The van der Waals surface area contributed by atoms with Gasteiger partial charge in [0.2, 0.25) is 0 Å². The smallest absolute Gasteiger partial charge is 0.146 e. The molecule has 4 nitrogen and oxygen atoms in total. The Kier molecular flexibility index (Phi) is 7.59. The van der Waals surface area contributed by atoms with Crippen molar-refractivity contribution in [3.05, 3.63) is 99.7 Å². The molecule has 0 spiro atoms. The lowest BCUT2D eigenvalue weighted by Crippen LogP contribution is -2.29. The Labute approximate surface area is 233 Å². The number of benzene rings is 3. The van der Waals surface area contributed by atoms with Crippen LogP contribution in [0.5, 0.6) is 0 Å². The summed E-state index contributed by atoms with van der Waals surface area (Å²) in [6.45, 7) is 9.48. The summed E-state index contributed by atoms with van der Waals surface area (Å²) in [5.41, 5.74) is 8.93. The number of hydrogen-bond acceptors (Lipinski definition) is 3. The fourth-order valence-electron chi connectivity index (χ4n) is 6.04. The summed E-state index contributed by atoms with van der Waals surface area (Å²) in [5, 5.41) is 8.96. The maximum absolute atomic E-state index is 13.9. The van der Waals surface area contributed by atoms with E-state index < -0.39 is 5.41 Å². The summed E-state index contributed by atoms with van der Waals surface area (Å²) in [6, 6.07) is 21.9. The van der Waals surface area contributed by atoms with E-state index in [1.165, 1.54) is 27.8 Å². The van der Waals surface area contributed by atoms with Crippen LogP contribution in [-0.4, -0.2) is 35.0 Å². The number of nitrogens with one attached hydrogen (secondary N) is 1. The first-order valence-electron chi connectivity index (χ1n) is 14.3. The van der Waals surface area contributed by atoms with Gasteiger partial charge in [-0.25, -0.2) is 0 Å². The van der Waals surface area contributed by atoms with Gasteiger partial charge in [0.05, 0.1) is 16.6 Å². The van der Waals surface area contributed by atoms with Gasteiger partial charge in [0.15, 0.2) is 0 Å². The summed E-state index contributed by atoms with van der Waals surface area (Å²) < 4.78 is 0. The summed E-state index contributed by atoms with van der Waals surface area (Å²) >= 11 is 0. The second kappa shape index (κ2) is 10.9. The Morgan fingerprint density at radius 2 is 1.79 bits per heavy atom. The zero-order chi connectivity index (χ0) is 27.7. The van der Waals surface area contributed by atoms with Gasteiger partial charge in [-0.1, -0.05) is 81.4 Å². The van der Waals surface area contributed by atoms with Crippen LogP contribution in [0.1, 0.15) is 78.6 Å². The molecular weight excluding hydrogens is 478 g/mol. The van der Waals surface area contributed by atoms with Gasteiger partial charge in [-0.15, -0.1) is 0 Å². The molecule has 1 aromatic heterocycles. The number of rotatable bonds is 10. The molecule has 0 aliphatic heterocycles. The highest BCUT2D eigenvalue weighted by Gasteiger charge is 2.62. The monoisotopic (exact) mass is 519 g/mol. The van der Waals surface area contributed by atoms with E-state index in [1.54, 1.807) is 0 Å². The van der Waals surface area contributed by atoms with Crippen molar-refractivity contribution in [2.45, 2.75) is 64.8 Å². The van der Waals surface area contributed by atoms with Crippen LogP contribution in [0.2, 0.25) is 0 Å². The molecule has 3 unspecified atom stereocenters. The van der Waals surface area contributed by atoms with E-state index in [9.17, 15) is 4.79 Å². The lowest BCUT2D eigenvalue weighted by Gasteiger charge is -2.23. The van der Waals surface area contributed by atoms with Gasteiger partial charge in [-0.2, -0.15) is 5.10 Å². The van der Waals surface area contributed by atoms with E-state index in [0.717, 1.165) is 48.0 Å². The van der Waals surface area contributed by atoms with Gasteiger partial charge in [0.25, 0.3) is 0 Å². The van der Waals surface area contributed by atoms with Crippen LogP contribution < -0.4 is 0 Å². The van der Waals surface area contributed by atoms with Crippen LogP contribution in [0.4, 0.5) is 0 Å². The number of carbonyl (C=O) groups is 1. The number of hydrogen-bond donors (Lipinski definition) is 1. The Bertz CT molecular complexity index is 1510. The second-order valence-corrected chi connectivity index (χ2v) is 11.6. The van der Waals surface area contributed by atoms with Crippen molar-refractivity contribution in [2.75, 3.05) is 14.1 Å². The van der Waals surface area contributed by atoms with Gasteiger partial charge < -0.3 is 4.90 Å². The minimum atomic E-state index is -0.431. The zero-order valence-corrected chi connectivity index (χ0v) is 24.2. The quantitative estimate of drug-likeness (QED) is 0.233. The van der Waals surface area contributed by atoms with Crippen molar-refractivity contribution >= 4 is 28.8 Å². The summed E-state index contributed by atoms with van der Waals surface area (Å²) in [5.74, 6) is 0.623. The highest BCUT2D eigenvalue weighted by atomic mass is 16.1. The summed E-state index contributed by atoms with van der Waals surface area (Å²) in [7, 11) is 4.17. The van der Waals surface area contributed by atoms with Crippen molar-refractivity contribution in [2.24, 2.45) is 5.92 Å². The predicted molar refractivity (Wildman–Crippen MR) is 163 cm³/mol. The number of aryl methyl sites for hydroxylation is 2. The molecular formula is C35H41N3O. The number of ketones is 1. The Hall–Kier alpha value is -3.50. The first-order chi connectivity index (χ1) is 18.8. The lowest BCUT2D eigenvalue weighted by molar-refractivity contribution is -0.125. The third-order valence-electron chi connectivity index (χ3n) is 8.58. The first kappa shape index (κ1) is 27.1. The Balaban J connectivity index is 1.43. The van der Waals surface area contributed by atoms with E-state index in [1.807, 2.05) is 0 Å². The average molecular weight is 520 g/mol. The van der Waals surface area contributed by atoms with Crippen LogP contribution in [0.25, 0.3) is 23.1 Å². The van der Waals surface area contributed by atoms with Crippen molar-refractivity contribution in [1.82, 2.24) is 15.1 Å². The minimum Gasteiger partial charge on any atom is -0.305 e. The largest absolute Gasteiger partial charge is 0.305 e. The van der Waals surface area contributed by atoms with Crippen LogP contribution in [0, 0.1) is 12.8 Å². The molecule has 4 aromatic rings. The van der Waals surface area contributed by atoms with Crippen molar-refractivity contribution in [1.29, 1.82) is 0 Å². The number of fused-ring (bicyclic) bond motifs is 1. The highest BCUT2D eigenvalue weighted by Crippen LogP contribution is 2.63.